The molecule has 0 saturated heterocycles. The lowest BCUT2D eigenvalue weighted by Crippen LogP contribution is -2.40. The van der Waals surface area contributed by atoms with Crippen LogP contribution in [0.25, 0.3) is 0 Å². The van der Waals surface area contributed by atoms with Gasteiger partial charge in [0.05, 0.1) is 7.11 Å². The maximum atomic E-state index is 11.3. The Balaban J connectivity index is 2.20. The van der Waals surface area contributed by atoms with E-state index < -0.39 is 12.0 Å². The Bertz CT molecular complexity index is 527. The fourth-order valence-corrected chi connectivity index (χ4v) is 2.66. The molecule has 1 aliphatic heterocycles. The van der Waals surface area contributed by atoms with Crippen LogP contribution in [0.1, 0.15) is 31.9 Å². The van der Waals surface area contributed by atoms with E-state index in [1.807, 2.05) is 32.9 Å². The zero-order valence-electron chi connectivity index (χ0n) is 13.0. The van der Waals surface area contributed by atoms with Gasteiger partial charge in [-0.2, -0.15) is 0 Å². The maximum absolute atomic E-state index is 11.3. The van der Waals surface area contributed by atoms with E-state index >= 15 is 0 Å². The molecule has 1 aromatic carbocycles. The van der Waals surface area contributed by atoms with Gasteiger partial charge in [0.2, 0.25) is 0 Å². The highest BCUT2D eigenvalue weighted by atomic mass is 16.5. The number of benzene rings is 1. The summed E-state index contributed by atoms with van der Waals surface area (Å²) in [5.41, 5.74) is 2.07. The number of carboxylic acids is 1. The molecule has 5 heteroatoms. The van der Waals surface area contributed by atoms with Crippen LogP contribution in [0.5, 0.6) is 11.5 Å². The molecule has 0 fully saturated rings. The third-order valence-corrected chi connectivity index (χ3v) is 3.72. The van der Waals surface area contributed by atoms with Crippen LogP contribution in [0.15, 0.2) is 12.1 Å². The number of ether oxygens (including phenoxy) is 2. The zero-order chi connectivity index (χ0) is 15.6. The van der Waals surface area contributed by atoms with Crippen LogP contribution >= 0.6 is 0 Å². The first-order chi connectivity index (χ1) is 9.92. The van der Waals surface area contributed by atoms with Gasteiger partial charge in [0.15, 0.2) is 0 Å². The maximum Gasteiger partial charge on any atom is 0.320 e. The standard InChI is InChI=1S/C16H23NO4/c1-9(2)14(16(18)19)17-8-12-7-13(20-4)6-11-5-10(3)21-15(11)12/h6-7,9-10,14,17H,5,8H2,1-4H3,(H,18,19)/t10?,14-/m1/s1. The summed E-state index contributed by atoms with van der Waals surface area (Å²) in [5.74, 6) is 0.822. The van der Waals surface area contributed by atoms with Crippen molar-refractivity contribution in [1.29, 1.82) is 0 Å². The first-order valence-electron chi connectivity index (χ1n) is 7.25. The van der Waals surface area contributed by atoms with Gasteiger partial charge in [-0.15, -0.1) is 0 Å². The Labute approximate surface area is 125 Å². The molecule has 0 bridgehead atoms. The summed E-state index contributed by atoms with van der Waals surface area (Å²) in [6.45, 7) is 6.25. The van der Waals surface area contributed by atoms with Gasteiger partial charge in [-0.25, -0.2) is 0 Å². The molecule has 1 unspecified atom stereocenters. The van der Waals surface area contributed by atoms with E-state index in [0.29, 0.717) is 6.54 Å². The Morgan fingerprint density at radius 2 is 2.24 bits per heavy atom. The Hall–Kier alpha value is -1.75. The van der Waals surface area contributed by atoms with Gasteiger partial charge in [-0.05, 0) is 25.0 Å². The third-order valence-electron chi connectivity index (χ3n) is 3.72. The summed E-state index contributed by atoms with van der Waals surface area (Å²) in [5, 5.41) is 12.3. The fourth-order valence-electron chi connectivity index (χ4n) is 2.66. The van der Waals surface area contributed by atoms with Gasteiger partial charge in [0.25, 0.3) is 0 Å². The highest BCUT2D eigenvalue weighted by Gasteiger charge is 2.25. The van der Waals surface area contributed by atoms with Gasteiger partial charge >= 0.3 is 5.97 Å². The van der Waals surface area contributed by atoms with Crippen LogP contribution in [0.2, 0.25) is 0 Å². The number of nitrogens with one attached hydrogen (secondary N) is 1. The Morgan fingerprint density at radius 1 is 1.52 bits per heavy atom. The quantitative estimate of drug-likeness (QED) is 0.841. The van der Waals surface area contributed by atoms with Crippen molar-refractivity contribution in [1.82, 2.24) is 5.32 Å². The van der Waals surface area contributed by atoms with Crippen LogP contribution < -0.4 is 14.8 Å². The number of hydrogen-bond donors (Lipinski definition) is 2. The van der Waals surface area contributed by atoms with E-state index in [1.54, 1.807) is 7.11 Å². The lowest BCUT2D eigenvalue weighted by molar-refractivity contribution is -0.140. The van der Waals surface area contributed by atoms with Crippen LogP contribution in [-0.2, 0) is 17.8 Å². The summed E-state index contributed by atoms with van der Waals surface area (Å²) in [6.07, 6.45) is 0.998. The second kappa shape index (κ2) is 6.35. The Kier molecular flexibility index (Phi) is 4.73. The summed E-state index contributed by atoms with van der Waals surface area (Å²) in [6, 6.07) is 3.31. The van der Waals surface area contributed by atoms with Gasteiger partial charge < -0.3 is 14.6 Å². The SMILES string of the molecule is COc1cc(CN[C@@H](C(=O)O)C(C)C)c2c(c1)CC(C)O2. The topological polar surface area (TPSA) is 67.8 Å². The second-order valence-corrected chi connectivity index (χ2v) is 5.85. The van der Waals surface area contributed by atoms with Crippen molar-refractivity contribution < 1.29 is 19.4 Å². The van der Waals surface area contributed by atoms with Crippen LogP contribution in [0.4, 0.5) is 0 Å². The molecule has 5 nitrogen and oxygen atoms in total. The molecule has 21 heavy (non-hydrogen) atoms. The minimum absolute atomic E-state index is 0.0148. The molecule has 0 amide bonds. The van der Waals surface area contributed by atoms with E-state index in [2.05, 4.69) is 5.32 Å². The number of fused-ring (bicyclic) bond motifs is 1. The van der Waals surface area contributed by atoms with Crippen LogP contribution in [0, 0.1) is 5.92 Å². The van der Waals surface area contributed by atoms with Crippen molar-refractivity contribution in [3.8, 4) is 11.5 Å². The van der Waals surface area contributed by atoms with Crippen LogP contribution in [0.3, 0.4) is 0 Å². The smallest absolute Gasteiger partial charge is 0.320 e. The molecular formula is C16H23NO4. The summed E-state index contributed by atoms with van der Waals surface area (Å²) in [7, 11) is 1.63. The summed E-state index contributed by atoms with van der Waals surface area (Å²) < 4.78 is 11.2. The number of carboxylic acid groups (broad SMARTS) is 1. The normalized spacial score (nSPS) is 18.2. The van der Waals surface area contributed by atoms with Crippen molar-refractivity contribution in [3.63, 3.8) is 0 Å². The molecule has 2 atom stereocenters. The fraction of sp³-hybridized carbons (Fsp3) is 0.562. The van der Waals surface area contributed by atoms with E-state index in [-0.39, 0.29) is 12.0 Å². The summed E-state index contributed by atoms with van der Waals surface area (Å²) in [4.78, 5) is 11.3. The second-order valence-electron chi connectivity index (χ2n) is 5.85. The third kappa shape index (κ3) is 3.47. The number of carbonyl (C=O) groups is 1. The lowest BCUT2D eigenvalue weighted by Gasteiger charge is -2.19. The first-order valence-corrected chi connectivity index (χ1v) is 7.25. The molecule has 116 valence electrons. The van der Waals surface area contributed by atoms with E-state index in [4.69, 9.17) is 9.47 Å². The molecule has 0 spiro atoms. The minimum atomic E-state index is -0.834. The van der Waals surface area contributed by atoms with E-state index in [0.717, 1.165) is 29.0 Å². The Morgan fingerprint density at radius 3 is 2.81 bits per heavy atom. The molecular weight excluding hydrogens is 270 g/mol. The van der Waals surface area contributed by atoms with Crippen molar-refractivity contribution >= 4 is 5.97 Å². The number of methoxy groups -OCH3 is 1. The minimum Gasteiger partial charge on any atom is -0.497 e. The molecule has 1 heterocycles. The van der Waals surface area contributed by atoms with Gasteiger partial charge in [-0.3, -0.25) is 10.1 Å². The number of aliphatic carboxylic acids is 1. The van der Waals surface area contributed by atoms with E-state index in [9.17, 15) is 9.90 Å². The molecule has 0 aromatic heterocycles. The predicted octanol–water partition coefficient (Wildman–Crippen LogP) is 2.22. The molecule has 2 rings (SSSR count). The number of rotatable bonds is 6. The van der Waals surface area contributed by atoms with Crippen molar-refractivity contribution in [2.75, 3.05) is 7.11 Å². The average molecular weight is 293 g/mol. The van der Waals surface area contributed by atoms with Gasteiger partial charge in [-0.1, -0.05) is 13.8 Å². The van der Waals surface area contributed by atoms with Crippen molar-refractivity contribution in [3.05, 3.63) is 23.3 Å². The monoisotopic (exact) mass is 293 g/mol. The largest absolute Gasteiger partial charge is 0.497 e. The number of hydrogen-bond acceptors (Lipinski definition) is 4. The van der Waals surface area contributed by atoms with Crippen molar-refractivity contribution in [2.24, 2.45) is 5.92 Å². The highest BCUT2D eigenvalue weighted by Crippen LogP contribution is 2.36. The van der Waals surface area contributed by atoms with Gasteiger partial charge in [0.1, 0.15) is 23.6 Å². The van der Waals surface area contributed by atoms with Crippen LogP contribution in [-0.4, -0.2) is 30.3 Å². The van der Waals surface area contributed by atoms with Gasteiger partial charge in [0, 0.05) is 24.1 Å². The molecule has 2 N–H and O–H groups in total. The van der Waals surface area contributed by atoms with E-state index in [1.165, 1.54) is 0 Å². The molecule has 1 aliphatic rings. The molecule has 1 aromatic rings. The van der Waals surface area contributed by atoms with Crippen molar-refractivity contribution in [2.45, 2.75) is 45.9 Å². The summed E-state index contributed by atoms with van der Waals surface area (Å²) >= 11 is 0. The molecule has 0 saturated carbocycles. The highest BCUT2D eigenvalue weighted by molar-refractivity contribution is 5.73. The molecule has 0 radical (unpaired) electrons. The zero-order valence-corrected chi connectivity index (χ0v) is 13.0. The first kappa shape index (κ1) is 15.6. The molecule has 0 aliphatic carbocycles. The lowest BCUT2D eigenvalue weighted by atomic mass is 10.0. The average Bonchev–Trinajstić information content (AvgIpc) is 2.78. The predicted molar refractivity (Wildman–Crippen MR) is 79.9 cm³/mol.